The highest BCUT2D eigenvalue weighted by atomic mass is 16.5. The smallest absolute Gasteiger partial charge is 0.227 e. The highest BCUT2D eigenvalue weighted by Crippen LogP contribution is 2.34. The van der Waals surface area contributed by atoms with Crippen LogP contribution in [0.25, 0.3) is 0 Å². The molecule has 0 atom stereocenters. The average Bonchev–Trinajstić information content (AvgIpc) is 3.27. The molecule has 0 aliphatic heterocycles. The van der Waals surface area contributed by atoms with Gasteiger partial charge in [0, 0.05) is 26.3 Å². The zero-order valence-corrected chi connectivity index (χ0v) is 16.9. The van der Waals surface area contributed by atoms with Gasteiger partial charge in [0.25, 0.3) is 0 Å². The Morgan fingerprint density at radius 1 is 1.04 bits per heavy atom. The Morgan fingerprint density at radius 2 is 1.68 bits per heavy atom. The van der Waals surface area contributed by atoms with E-state index in [9.17, 15) is 9.59 Å². The van der Waals surface area contributed by atoms with Crippen molar-refractivity contribution in [3.63, 3.8) is 0 Å². The maximum atomic E-state index is 12.4. The van der Waals surface area contributed by atoms with Crippen molar-refractivity contribution < 1.29 is 14.1 Å². The fourth-order valence-corrected chi connectivity index (χ4v) is 4.64. The van der Waals surface area contributed by atoms with Crippen LogP contribution in [0.2, 0.25) is 0 Å². The molecule has 1 aromatic heterocycles. The lowest BCUT2D eigenvalue weighted by molar-refractivity contribution is -0.123. The number of nitrogens with zero attached hydrogens (tertiary/aromatic N) is 2. The molecule has 28 heavy (non-hydrogen) atoms. The second-order valence-corrected chi connectivity index (χ2v) is 8.43. The third kappa shape index (κ3) is 4.90. The SMILES string of the molecule is CC(=O)NC1(c2noc(CCC(=O)NC3(CN)CCCC3)n2)CCCCCC1. The van der Waals surface area contributed by atoms with Crippen molar-refractivity contribution in [3.8, 4) is 0 Å². The first-order valence-corrected chi connectivity index (χ1v) is 10.6. The van der Waals surface area contributed by atoms with E-state index in [1.54, 1.807) is 0 Å². The van der Waals surface area contributed by atoms with Crippen LogP contribution in [0.15, 0.2) is 4.52 Å². The summed E-state index contributed by atoms with van der Waals surface area (Å²) in [6.07, 6.45) is 10.7. The average molecular weight is 392 g/mol. The lowest BCUT2D eigenvalue weighted by atomic mass is 9.89. The molecule has 8 heteroatoms. The van der Waals surface area contributed by atoms with Crippen LogP contribution in [0, 0.1) is 0 Å². The minimum Gasteiger partial charge on any atom is -0.349 e. The minimum atomic E-state index is -0.556. The lowest BCUT2D eigenvalue weighted by Crippen LogP contribution is -2.51. The number of carbonyl (C=O) groups excluding carboxylic acids is 2. The van der Waals surface area contributed by atoms with E-state index in [1.165, 1.54) is 6.92 Å². The fourth-order valence-electron chi connectivity index (χ4n) is 4.64. The monoisotopic (exact) mass is 391 g/mol. The van der Waals surface area contributed by atoms with Crippen molar-refractivity contribution in [2.45, 2.75) is 95.1 Å². The van der Waals surface area contributed by atoms with Crippen LogP contribution >= 0.6 is 0 Å². The summed E-state index contributed by atoms with van der Waals surface area (Å²) in [5.41, 5.74) is 5.09. The summed E-state index contributed by atoms with van der Waals surface area (Å²) in [5.74, 6) is 0.857. The molecule has 156 valence electrons. The molecule has 4 N–H and O–H groups in total. The summed E-state index contributed by atoms with van der Waals surface area (Å²) >= 11 is 0. The molecule has 0 spiro atoms. The Morgan fingerprint density at radius 3 is 2.29 bits per heavy atom. The van der Waals surface area contributed by atoms with Crippen molar-refractivity contribution in [2.24, 2.45) is 5.73 Å². The molecule has 0 aromatic carbocycles. The molecule has 1 aromatic rings. The molecule has 2 aliphatic carbocycles. The molecular formula is C20H33N5O3. The van der Waals surface area contributed by atoms with E-state index in [0.717, 1.165) is 64.2 Å². The number of hydrogen-bond acceptors (Lipinski definition) is 6. The van der Waals surface area contributed by atoms with Crippen LogP contribution in [-0.2, 0) is 21.5 Å². The zero-order chi connectivity index (χ0) is 20.0. The number of amides is 2. The van der Waals surface area contributed by atoms with Crippen molar-refractivity contribution >= 4 is 11.8 Å². The summed E-state index contributed by atoms with van der Waals surface area (Å²) in [7, 11) is 0. The van der Waals surface area contributed by atoms with Crippen molar-refractivity contribution in [1.29, 1.82) is 0 Å². The second-order valence-electron chi connectivity index (χ2n) is 8.43. The van der Waals surface area contributed by atoms with Gasteiger partial charge in [-0.1, -0.05) is 43.7 Å². The van der Waals surface area contributed by atoms with E-state index in [1.807, 2.05) is 0 Å². The van der Waals surface area contributed by atoms with E-state index in [4.69, 9.17) is 10.3 Å². The lowest BCUT2D eigenvalue weighted by Gasteiger charge is -2.30. The molecule has 2 fully saturated rings. The predicted molar refractivity (Wildman–Crippen MR) is 104 cm³/mol. The Kier molecular flexibility index (Phi) is 6.69. The molecule has 3 rings (SSSR count). The van der Waals surface area contributed by atoms with Crippen LogP contribution in [0.3, 0.4) is 0 Å². The number of carbonyl (C=O) groups is 2. The van der Waals surface area contributed by atoms with E-state index >= 15 is 0 Å². The third-order valence-corrected chi connectivity index (χ3v) is 6.19. The standard InChI is InChI=1S/C20H33N5O3/c1-15(26)23-20(12-4-2-3-5-13-20)18-22-17(28-25-18)9-8-16(27)24-19(14-21)10-6-7-11-19/h2-14,21H2,1H3,(H,23,26)(H,24,27). The van der Waals surface area contributed by atoms with Crippen molar-refractivity contribution in [3.05, 3.63) is 11.7 Å². The molecule has 0 unspecified atom stereocenters. The molecule has 0 radical (unpaired) electrons. The largest absolute Gasteiger partial charge is 0.349 e. The van der Waals surface area contributed by atoms with Crippen LogP contribution in [0.4, 0.5) is 0 Å². The van der Waals surface area contributed by atoms with E-state index in [0.29, 0.717) is 24.7 Å². The number of nitrogens with two attached hydrogens (primary N) is 1. The zero-order valence-electron chi connectivity index (χ0n) is 16.9. The predicted octanol–water partition coefficient (Wildman–Crippen LogP) is 2.08. The Bertz CT molecular complexity index is 673. The normalized spacial score (nSPS) is 21.1. The molecule has 0 bridgehead atoms. The van der Waals surface area contributed by atoms with E-state index in [2.05, 4.69) is 20.8 Å². The van der Waals surface area contributed by atoms with Gasteiger partial charge in [-0.2, -0.15) is 4.98 Å². The second kappa shape index (κ2) is 9.03. The summed E-state index contributed by atoms with van der Waals surface area (Å²) in [4.78, 5) is 28.7. The Balaban J connectivity index is 1.62. The topological polar surface area (TPSA) is 123 Å². The fraction of sp³-hybridized carbons (Fsp3) is 0.800. The van der Waals surface area contributed by atoms with E-state index < -0.39 is 5.54 Å². The number of aromatic nitrogens is 2. The van der Waals surface area contributed by atoms with Crippen LogP contribution < -0.4 is 16.4 Å². The summed E-state index contributed by atoms with van der Waals surface area (Å²) in [6, 6.07) is 0. The van der Waals surface area contributed by atoms with Gasteiger partial charge in [0.15, 0.2) is 5.82 Å². The molecule has 1 heterocycles. The third-order valence-electron chi connectivity index (χ3n) is 6.19. The first-order valence-electron chi connectivity index (χ1n) is 10.6. The molecule has 2 aliphatic rings. The summed E-state index contributed by atoms with van der Waals surface area (Å²) in [5, 5.41) is 10.4. The molecule has 0 saturated heterocycles. The number of rotatable bonds is 7. The summed E-state index contributed by atoms with van der Waals surface area (Å²) in [6.45, 7) is 2.00. The van der Waals surface area contributed by atoms with Crippen LogP contribution in [0.5, 0.6) is 0 Å². The van der Waals surface area contributed by atoms with Gasteiger partial charge in [0.2, 0.25) is 17.7 Å². The number of nitrogens with one attached hydrogen (secondary N) is 2. The van der Waals surface area contributed by atoms with Gasteiger partial charge < -0.3 is 20.9 Å². The summed E-state index contributed by atoms with van der Waals surface area (Å²) < 4.78 is 5.42. The number of hydrogen-bond donors (Lipinski definition) is 3. The Labute approximate surface area is 166 Å². The number of aryl methyl sites for hydroxylation is 1. The molecule has 8 nitrogen and oxygen atoms in total. The van der Waals surface area contributed by atoms with E-state index in [-0.39, 0.29) is 23.8 Å². The first kappa shape index (κ1) is 20.8. The Hall–Kier alpha value is -1.96. The van der Waals surface area contributed by atoms with Gasteiger partial charge in [-0.05, 0) is 25.7 Å². The van der Waals surface area contributed by atoms with Gasteiger partial charge in [0.1, 0.15) is 5.54 Å². The van der Waals surface area contributed by atoms with Gasteiger partial charge in [0.05, 0.1) is 5.54 Å². The van der Waals surface area contributed by atoms with Gasteiger partial charge in [-0.25, -0.2) is 0 Å². The van der Waals surface area contributed by atoms with Crippen molar-refractivity contribution in [1.82, 2.24) is 20.8 Å². The molecule has 2 saturated carbocycles. The maximum absolute atomic E-state index is 12.4. The minimum absolute atomic E-state index is 0.0295. The first-order chi connectivity index (χ1) is 13.5. The van der Waals surface area contributed by atoms with Crippen molar-refractivity contribution in [2.75, 3.05) is 6.54 Å². The van der Waals surface area contributed by atoms with Crippen LogP contribution in [0.1, 0.15) is 89.3 Å². The maximum Gasteiger partial charge on any atom is 0.227 e. The quantitative estimate of drug-likeness (QED) is 0.612. The highest BCUT2D eigenvalue weighted by molar-refractivity contribution is 5.77. The highest BCUT2D eigenvalue weighted by Gasteiger charge is 2.38. The van der Waals surface area contributed by atoms with Gasteiger partial charge in [-0.15, -0.1) is 0 Å². The van der Waals surface area contributed by atoms with Crippen LogP contribution in [-0.4, -0.2) is 34.0 Å². The van der Waals surface area contributed by atoms with Gasteiger partial charge >= 0.3 is 0 Å². The molecular weight excluding hydrogens is 358 g/mol. The molecule has 2 amide bonds. The van der Waals surface area contributed by atoms with Gasteiger partial charge in [-0.3, -0.25) is 9.59 Å².